The van der Waals surface area contributed by atoms with E-state index in [1.165, 1.54) is 33.8 Å². The zero-order valence-electron chi connectivity index (χ0n) is 15.1. The quantitative estimate of drug-likeness (QED) is 0.684. The van der Waals surface area contributed by atoms with Crippen LogP contribution in [0.25, 0.3) is 0 Å². The van der Waals surface area contributed by atoms with E-state index in [0.29, 0.717) is 0 Å². The molecule has 2 aromatic carbocycles. The van der Waals surface area contributed by atoms with Crippen molar-refractivity contribution in [3.8, 4) is 0 Å². The predicted molar refractivity (Wildman–Crippen MR) is 107 cm³/mol. The first-order valence-corrected chi connectivity index (χ1v) is 10.2. The molecule has 0 aliphatic carbocycles. The third-order valence-electron chi connectivity index (χ3n) is 4.99. The molecule has 2 nitrogen and oxygen atoms in total. The topological polar surface area (TPSA) is 6.48 Å². The van der Waals surface area contributed by atoms with Gasteiger partial charge in [0.05, 0.1) is 0 Å². The monoisotopic (exact) mass is 340 g/mol. The van der Waals surface area contributed by atoms with E-state index in [-0.39, 0.29) is 0 Å². The van der Waals surface area contributed by atoms with Crippen LogP contribution >= 0.6 is 11.8 Å². The van der Waals surface area contributed by atoms with E-state index in [1.807, 2.05) is 11.8 Å². The first kappa shape index (κ1) is 17.4. The minimum absolute atomic E-state index is 1.08. The Morgan fingerprint density at radius 1 is 1.04 bits per heavy atom. The highest BCUT2D eigenvalue weighted by atomic mass is 32.2. The number of aryl methyl sites for hydroxylation is 2. The van der Waals surface area contributed by atoms with Crippen molar-refractivity contribution < 1.29 is 0 Å². The second-order valence-electron chi connectivity index (χ2n) is 6.52. The van der Waals surface area contributed by atoms with Crippen LogP contribution in [0.3, 0.4) is 0 Å². The van der Waals surface area contributed by atoms with E-state index >= 15 is 0 Å². The highest BCUT2D eigenvalue weighted by Crippen LogP contribution is 2.37. The van der Waals surface area contributed by atoms with Crippen LogP contribution in [0.2, 0.25) is 0 Å². The fraction of sp³-hybridized carbons (Fsp3) is 0.429. The summed E-state index contributed by atoms with van der Waals surface area (Å²) in [4.78, 5) is 6.30. The van der Waals surface area contributed by atoms with Gasteiger partial charge in [0.2, 0.25) is 0 Å². The van der Waals surface area contributed by atoms with E-state index in [1.54, 1.807) is 0 Å². The molecule has 0 fully saturated rings. The average molecular weight is 341 g/mol. The number of thioether (sulfide) groups is 1. The molecule has 128 valence electrons. The van der Waals surface area contributed by atoms with Gasteiger partial charge in [0, 0.05) is 22.8 Å². The summed E-state index contributed by atoms with van der Waals surface area (Å²) < 4.78 is 0. The third-order valence-corrected chi connectivity index (χ3v) is 5.72. The first-order valence-electron chi connectivity index (χ1n) is 8.94. The van der Waals surface area contributed by atoms with Crippen molar-refractivity contribution in [1.82, 2.24) is 4.90 Å². The molecule has 3 heteroatoms. The molecule has 0 radical (unpaired) electrons. The molecule has 0 N–H and O–H groups in total. The Morgan fingerprint density at radius 2 is 1.79 bits per heavy atom. The second-order valence-corrected chi connectivity index (χ2v) is 7.40. The zero-order chi connectivity index (χ0) is 16.9. The predicted octanol–water partition coefficient (Wildman–Crippen LogP) is 4.99. The molecule has 2 aromatic rings. The number of rotatable bonds is 6. The van der Waals surface area contributed by atoms with Crippen LogP contribution in [-0.4, -0.2) is 37.8 Å². The minimum Gasteiger partial charge on any atom is -0.341 e. The van der Waals surface area contributed by atoms with Crippen LogP contribution in [0.15, 0.2) is 47.4 Å². The van der Waals surface area contributed by atoms with Crippen LogP contribution in [0.1, 0.15) is 24.5 Å². The van der Waals surface area contributed by atoms with Gasteiger partial charge in [-0.05, 0) is 75.0 Å². The van der Waals surface area contributed by atoms with Crippen LogP contribution in [0.5, 0.6) is 0 Å². The lowest BCUT2D eigenvalue weighted by molar-refractivity contribution is 0.349. The number of para-hydroxylation sites is 1. The van der Waals surface area contributed by atoms with Crippen molar-refractivity contribution >= 4 is 23.1 Å². The van der Waals surface area contributed by atoms with Gasteiger partial charge < -0.3 is 9.80 Å². The lowest BCUT2D eigenvalue weighted by atomic mass is 10.0. The second kappa shape index (κ2) is 8.09. The van der Waals surface area contributed by atoms with Gasteiger partial charge >= 0.3 is 0 Å². The van der Waals surface area contributed by atoms with Gasteiger partial charge in [0.15, 0.2) is 0 Å². The number of fused-ring (bicyclic) bond motifs is 2. The summed E-state index contributed by atoms with van der Waals surface area (Å²) in [6.45, 7) is 5.56. The number of anilines is 2. The Hall–Kier alpha value is -1.45. The summed E-state index contributed by atoms with van der Waals surface area (Å²) in [7, 11) is 2.20. The van der Waals surface area contributed by atoms with Crippen LogP contribution < -0.4 is 4.90 Å². The van der Waals surface area contributed by atoms with E-state index in [0.717, 1.165) is 32.5 Å². The lowest BCUT2D eigenvalue weighted by Crippen LogP contribution is -2.25. The van der Waals surface area contributed by atoms with Gasteiger partial charge in [-0.3, -0.25) is 0 Å². The zero-order valence-corrected chi connectivity index (χ0v) is 15.9. The van der Waals surface area contributed by atoms with Gasteiger partial charge in [-0.25, -0.2) is 0 Å². The standard InChI is InChI=1S/C21H28N2S/c1-4-22(2)14-7-15-23-20-9-6-5-8-17(20)10-11-18-12-13-19(24-3)16-21(18)23/h5-6,8-9,12-13,16H,4,7,10-11,14-15H2,1-3H3. The van der Waals surface area contributed by atoms with Gasteiger partial charge in [0.1, 0.15) is 0 Å². The summed E-state index contributed by atoms with van der Waals surface area (Å²) in [5.74, 6) is 0. The maximum absolute atomic E-state index is 2.56. The molecule has 0 spiro atoms. The Labute approximate surface area is 150 Å². The molecule has 0 aromatic heterocycles. The smallest absolute Gasteiger partial charge is 0.0454 e. The van der Waals surface area contributed by atoms with E-state index < -0.39 is 0 Å². The summed E-state index contributed by atoms with van der Waals surface area (Å²) in [6.07, 6.45) is 5.61. The molecular weight excluding hydrogens is 312 g/mol. The fourth-order valence-corrected chi connectivity index (χ4v) is 3.85. The minimum atomic E-state index is 1.08. The Kier molecular flexibility index (Phi) is 5.85. The molecule has 24 heavy (non-hydrogen) atoms. The summed E-state index contributed by atoms with van der Waals surface area (Å²) in [5.41, 5.74) is 5.76. The van der Waals surface area contributed by atoms with Crippen LogP contribution in [0, 0.1) is 0 Å². The number of hydrogen-bond acceptors (Lipinski definition) is 3. The molecule has 0 atom stereocenters. The van der Waals surface area contributed by atoms with Crippen molar-refractivity contribution in [2.45, 2.75) is 31.1 Å². The van der Waals surface area contributed by atoms with Gasteiger partial charge in [-0.2, -0.15) is 0 Å². The molecule has 1 aliphatic heterocycles. The molecule has 1 aliphatic rings. The number of hydrogen-bond donors (Lipinski definition) is 0. The molecule has 1 heterocycles. The molecule has 3 rings (SSSR count). The highest BCUT2D eigenvalue weighted by molar-refractivity contribution is 7.98. The largest absolute Gasteiger partial charge is 0.341 e. The number of benzene rings is 2. The first-order chi connectivity index (χ1) is 11.7. The average Bonchev–Trinajstić information content (AvgIpc) is 2.78. The van der Waals surface area contributed by atoms with Crippen LogP contribution in [0.4, 0.5) is 11.4 Å². The van der Waals surface area contributed by atoms with Gasteiger partial charge in [-0.15, -0.1) is 11.8 Å². The van der Waals surface area contributed by atoms with Crippen molar-refractivity contribution in [2.24, 2.45) is 0 Å². The number of nitrogens with zero attached hydrogens (tertiary/aromatic N) is 2. The Morgan fingerprint density at radius 3 is 2.54 bits per heavy atom. The van der Waals surface area contributed by atoms with Crippen molar-refractivity contribution in [3.63, 3.8) is 0 Å². The lowest BCUT2D eigenvalue weighted by Gasteiger charge is -2.28. The molecule has 0 unspecified atom stereocenters. The summed E-state index contributed by atoms with van der Waals surface area (Å²) in [6, 6.07) is 15.9. The van der Waals surface area contributed by atoms with Crippen molar-refractivity contribution in [1.29, 1.82) is 0 Å². The Bertz CT molecular complexity index is 683. The fourth-order valence-electron chi connectivity index (χ4n) is 3.42. The van der Waals surface area contributed by atoms with Gasteiger partial charge in [0.25, 0.3) is 0 Å². The molecule has 0 saturated heterocycles. The Balaban J connectivity index is 1.94. The van der Waals surface area contributed by atoms with Gasteiger partial charge in [-0.1, -0.05) is 31.2 Å². The molecule has 0 saturated carbocycles. The summed E-state index contributed by atoms with van der Waals surface area (Å²) in [5, 5.41) is 0. The van der Waals surface area contributed by atoms with Crippen LogP contribution in [-0.2, 0) is 12.8 Å². The molecule has 0 amide bonds. The maximum atomic E-state index is 2.56. The van der Waals surface area contributed by atoms with Crippen molar-refractivity contribution in [2.75, 3.05) is 37.8 Å². The third kappa shape index (κ3) is 3.79. The van der Waals surface area contributed by atoms with E-state index in [2.05, 4.69) is 72.5 Å². The van der Waals surface area contributed by atoms with Crippen molar-refractivity contribution in [3.05, 3.63) is 53.6 Å². The molecular formula is C21H28N2S. The normalized spacial score (nSPS) is 13.6. The van der Waals surface area contributed by atoms with E-state index in [4.69, 9.17) is 0 Å². The highest BCUT2D eigenvalue weighted by Gasteiger charge is 2.20. The SMILES string of the molecule is CCN(C)CCCN1c2ccccc2CCc2ccc(SC)cc21. The van der Waals surface area contributed by atoms with E-state index in [9.17, 15) is 0 Å². The molecule has 0 bridgehead atoms. The maximum Gasteiger partial charge on any atom is 0.0454 e. The summed E-state index contributed by atoms with van der Waals surface area (Å²) >= 11 is 1.83.